The van der Waals surface area contributed by atoms with E-state index in [4.69, 9.17) is 9.73 Å². The number of anilines is 2. The number of hydrogen-bond donors (Lipinski definition) is 4. The van der Waals surface area contributed by atoms with E-state index >= 15 is 0 Å². The molecule has 6 nitrogen and oxygen atoms in total. The van der Waals surface area contributed by atoms with Crippen molar-refractivity contribution in [3.8, 4) is 5.75 Å². The average molecular weight is 1240 g/mol. The van der Waals surface area contributed by atoms with E-state index < -0.39 is 0 Å². The first-order valence-corrected chi connectivity index (χ1v) is 35.3. The molecule has 0 aliphatic heterocycles. The predicted octanol–water partition coefficient (Wildman–Crippen LogP) is 22.3. The molecule has 0 heterocycles. The summed E-state index contributed by atoms with van der Waals surface area (Å²) in [6.07, 6.45) is 20.3. The Bertz CT molecular complexity index is 4050. The Morgan fingerprint density at radius 1 is 0.511 bits per heavy atom. The third kappa shape index (κ3) is 14.7. The third-order valence-electron chi connectivity index (χ3n) is 21.4. The number of aliphatic hydroxyl groups is 2. The van der Waals surface area contributed by atoms with E-state index in [1.54, 1.807) is 0 Å². The van der Waals surface area contributed by atoms with Crippen molar-refractivity contribution in [3.05, 3.63) is 301 Å². The number of para-hydroxylation sites is 3. The number of rotatable bonds is 23. The van der Waals surface area contributed by atoms with E-state index in [0.29, 0.717) is 18.4 Å². The molecule has 0 spiro atoms. The van der Waals surface area contributed by atoms with Gasteiger partial charge in [0.05, 0.1) is 31.6 Å². The lowest BCUT2D eigenvalue weighted by molar-refractivity contribution is 0.278. The van der Waals surface area contributed by atoms with Crippen LogP contribution in [-0.2, 0) is 13.2 Å². The van der Waals surface area contributed by atoms with E-state index in [0.717, 1.165) is 131 Å². The van der Waals surface area contributed by atoms with Gasteiger partial charge in [-0.2, -0.15) is 0 Å². The van der Waals surface area contributed by atoms with Crippen LogP contribution in [0.2, 0.25) is 0 Å². The van der Waals surface area contributed by atoms with Crippen molar-refractivity contribution < 1.29 is 14.9 Å². The summed E-state index contributed by atoms with van der Waals surface area (Å²) in [5.41, 5.74) is 25.1. The number of benzene rings is 9. The molecule has 4 N–H and O–H groups in total. The van der Waals surface area contributed by atoms with Crippen LogP contribution >= 0.6 is 0 Å². The second kappa shape index (κ2) is 31.6. The Morgan fingerprint density at radius 2 is 0.957 bits per heavy atom. The van der Waals surface area contributed by atoms with Crippen molar-refractivity contribution in [2.75, 3.05) is 24.3 Å². The number of aliphatic hydroxyl groups excluding tert-OH is 2. The van der Waals surface area contributed by atoms with E-state index in [-0.39, 0.29) is 36.9 Å². The van der Waals surface area contributed by atoms with Gasteiger partial charge >= 0.3 is 0 Å². The van der Waals surface area contributed by atoms with Gasteiger partial charge in [0.15, 0.2) is 0 Å². The van der Waals surface area contributed by atoms with Crippen molar-refractivity contribution in [3.63, 3.8) is 0 Å². The van der Waals surface area contributed by atoms with Gasteiger partial charge in [-0.3, -0.25) is 0 Å². The van der Waals surface area contributed by atoms with E-state index in [2.05, 4.69) is 220 Å². The minimum absolute atomic E-state index is 0.0213. The molecule has 6 heteroatoms. The highest BCUT2D eigenvalue weighted by Crippen LogP contribution is 2.52. The smallest absolute Gasteiger partial charge is 0.126 e. The van der Waals surface area contributed by atoms with Gasteiger partial charge < -0.3 is 25.6 Å². The molecule has 0 radical (unpaired) electrons. The molecule has 0 amide bonds. The largest absolute Gasteiger partial charge is 0.496 e. The van der Waals surface area contributed by atoms with Crippen molar-refractivity contribution in [2.24, 2.45) is 4.99 Å². The normalized spacial score (nSPS) is 16.0. The fourth-order valence-corrected chi connectivity index (χ4v) is 16.6. The Kier molecular flexibility index (Phi) is 22.0. The standard InChI is InChI=1S/C88H97N3O3/c1-60(73-52-76(64-33-15-6-16-34-64)83(58-92)85(61(73)2)80(67-39-21-9-22-40-67)55-89-70-45-27-12-28-46-70)51-79(74-53-77(65-35-17-7-18-36-65)84(59-93)86(62(74)3)81(68-41-23-10-24-42-68)56-90-71-47-29-13-30-48-71)75-54-78(66-37-19-8-20-38-66)88(94-5)87(63(75)4)82(69-43-25-11-26-44-69)57-91-72-49-31-14-32-50-72/h9-14,21-32,39-50,52-55,60,64-66,79,82,89,91-93H,6-8,15-20,33-38,51,57-59H2,1-5H3. The van der Waals surface area contributed by atoms with Gasteiger partial charge in [-0.15, -0.1) is 0 Å². The van der Waals surface area contributed by atoms with Crippen molar-refractivity contribution >= 4 is 34.1 Å². The zero-order chi connectivity index (χ0) is 64.8. The summed E-state index contributed by atoms with van der Waals surface area (Å²) in [5.74, 6) is 5.48. The van der Waals surface area contributed by atoms with Crippen molar-refractivity contribution in [1.29, 1.82) is 0 Å². The number of hydrogen-bond acceptors (Lipinski definition) is 6. The van der Waals surface area contributed by atoms with Gasteiger partial charge in [-0.05, 0) is 215 Å². The van der Waals surface area contributed by atoms with Gasteiger partial charge in [0.1, 0.15) is 5.75 Å². The Hall–Kier alpha value is -8.51. The summed E-state index contributed by atoms with van der Waals surface area (Å²) in [5, 5.41) is 32.0. The molecule has 3 atom stereocenters. The third-order valence-corrected chi connectivity index (χ3v) is 21.4. The molecule has 3 aliphatic carbocycles. The molecule has 3 unspecified atom stereocenters. The highest BCUT2D eigenvalue weighted by Gasteiger charge is 2.36. The molecular formula is C88H97N3O3. The van der Waals surface area contributed by atoms with Crippen molar-refractivity contribution in [2.45, 2.75) is 179 Å². The molecule has 9 aromatic carbocycles. The van der Waals surface area contributed by atoms with Gasteiger partial charge in [0.25, 0.3) is 0 Å². The molecule has 12 rings (SSSR count). The molecular weight excluding hydrogens is 1150 g/mol. The lowest BCUT2D eigenvalue weighted by Crippen LogP contribution is -2.21. The lowest BCUT2D eigenvalue weighted by atomic mass is 9.70. The van der Waals surface area contributed by atoms with Crippen LogP contribution in [0.1, 0.15) is 240 Å². The van der Waals surface area contributed by atoms with Gasteiger partial charge in [0, 0.05) is 52.7 Å². The summed E-state index contributed by atoms with van der Waals surface area (Å²) < 4.78 is 6.99. The Labute approximate surface area is 561 Å². The summed E-state index contributed by atoms with van der Waals surface area (Å²) in [6, 6.07) is 71.8. The number of ether oxygens (including phenoxy) is 1. The second-order valence-corrected chi connectivity index (χ2v) is 27.1. The fourth-order valence-electron chi connectivity index (χ4n) is 16.6. The molecule has 9 aromatic rings. The number of methoxy groups -OCH3 is 1. The second-order valence-electron chi connectivity index (χ2n) is 27.1. The van der Waals surface area contributed by atoms with E-state index in [9.17, 15) is 10.2 Å². The van der Waals surface area contributed by atoms with Gasteiger partial charge in [0.2, 0.25) is 0 Å². The quantitative estimate of drug-likeness (QED) is 0.0480. The Balaban J connectivity index is 1.16. The summed E-state index contributed by atoms with van der Waals surface area (Å²) in [4.78, 5) is 5.16. The number of aliphatic imine (C=N–C) groups is 1. The highest BCUT2D eigenvalue weighted by molar-refractivity contribution is 6.01. The Morgan fingerprint density at radius 3 is 1.50 bits per heavy atom. The zero-order valence-electron chi connectivity index (χ0n) is 56.3. The van der Waals surface area contributed by atoms with E-state index in [1.807, 2.05) is 37.4 Å². The minimum atomic E-state index is -0.139. The molecule has 482 valence electrons. The first kappa shape index (κ1) is 65.5. The van der Waals surface area contributed by atoms with E-state index in [1.165, 1.54) is 101 Å². The zero-order valence-corrected chi connectivity index (χ0v) is 56.3. The fraction of sp³-hybridized carbons (Fsp3) is 0.341. The van der Waals surface area contributed by atoms with Crippen molar-refractivity contribution in [1.82, 2.24) is 0 Å². The van der Waals surface area contributed by atoms with Crippen LogP contribution in [-0.4, -0.2) is 29.7 Å². The summed E-state index contributed by atoms with van der Waals surface area (Å²) >= 11 is 0. The lowest BCUT2D eigenvalue weighted by Gasteiger charge is -2.35. The molecule has 0 saturated heterocycles. The molecule has 3 fully saturated rings. The minimum Gasteiger partial charge on any atom is -0.496 e. The van der Waals surface area contributed by atoms with Crippen LogP contribution in [0.15, 0.2) is 211 Å². The number of nitrogens with zero attached hydrogens (tertiary/aromatic N) is 1. The molecule has 0 bridgehead atoms. The molecule has 3 saturated carbocycles. The van der Waals surface area contributed by atoms with Gasteiger partial charge in [-0.1, -0.05) is 229 Å². The monoisotopic (exact) mass is 1240 g/mol. The van der Waals surface area contributed by atoms with Crippen LogP contribution in [0.4, 0.5) is 17.1 Å². The summed E-state index contributed by atoms with van der Waals surface area (Å²) in [6.45, 7) is 10.1. The maximum atomic E-state index is 12.2. The van der Waals surface area contributed by atoms with Crippen LogP contribution in [0, 0.1) is 20.8 Å². The SMILES string of the molecule is COc1c(C2CCCCC2)cc(C(CC(C)c2cc(C3CCCCC3)c(CO)c(C(=CNc3ccccc3)c3ccccc3)c2C)c2cc(C3CCCCC3)c(CO)c(C(=C=Nc3ccccc3)c3ccccc3)c2C)c(C)c1C(CNc1ccccc1)c1ccccc1. The average Bonchev–Trinajstić information content (AvgIpc) is 0.752. The van der Waals surface area contributed by atoms with Crippen LogP contribution in [0.3, 0.4) is 0 Å². The highest BCUT2D eigenvalue weighted by atomic mass is 16.5. The first-order valence-electron chi connectivity index (χ1n) is 35.3. The van der Waals surface area contributed by atoms with Crippen LogP contribution in [0.25, 0.3) is 11.1 Å². The maximum absolute atomic E-state index is 12.2. The molecule has 3 aliphatic rings. The number of nitrogens with one attached hydrogen (secondary N) is 2. The summed E-state index contributed by atoms with van der Waals surface area (Å²) in [7, 11) is 1.92. The molecule has 0 aromatic heterocycles. The first-order chi connectivity index (χ1) is 46.2. The van der Waals surface area contributed by atoms with Gasteiger partial charge in [-0.25, -0.2) is 4.99 Å². The maximum Gasteiger partial charge on any atom is 0.126 e. The topological polar surface area (TPSA) is 86.1 Å². The van der Waals surface area contributed by atoms with Crippen LogP contribution in [0.5, 0.6) is 5.75 Å². The van der Waals surface area contributed by atoms with Crippen LogP contribution < -0.4 is 15.4 Å². The molecule has 94 heavy (non-hydrogen) atoms. The predicted molar refractivity (Wildman–Crippen MR) is 394 cm³/mol.